The van der Waals surface area contributed by atoms with Gasteiger partial charge in [-0.1, -0.05) is 17.7 Å². The molecule has 2 aromatic rings. The van der Waals surface area contributed by atoms with Crippen molar-refractivity contribution in [3.63, 3.8) is 0 Å². The second-order valence-electron chi connectivity index (χ2n) is 5.62. The Balaban J connectivity index is 1.88. The zero-order valence-corrected chi connectivity index (χ0v) is 16.5. The Bertz CT molecular complexity index is 851. The summed E-state index contributed by atoms with van der Waals surface area (Å²) < 4.78 is 5.77. The fourth-order valence-electron chi connectivity index (χ4n) is 2.12. The van der Waals surface area contributed by atoms with E-state index >= 15 is 0 Å². The normalized spacial score (nSPS) is 10.6. The minimum absolute atomic E-state index is 0.00291. The number of carbonyl (C=O) groups excluding carboxylic acids is 2. The fraction of sp³-hybridized carbons (Fsp3) is 0.211. The van der Waals surface area contributed by atoms with Crippen molar-refractivity contribution in [1.82, 2.24) is 10.7 Å². The number of carbonyl (C=O) groups is 2. The van der Waals surface area contributed by atoms with E-state index in [1.54, 1.807) is 31.2 Å². The van der Waals surface area contributed by atoms with E-state index in [-0.39, 0.29) is 18.2 Å². The summed E-state index contributed by atoms with van der Waals surface area (Å²) in [6.07, 6.45) is 1.41. The molecular weight excluding hydrogens is 414 g/mol. The topological polar surface area (TPSA) is 100 Å². The van der Waals surface area contributed by atoms with Crippen LogP contribution in [0.1, 0.15) is 28.4 Å². The predicted molar refractivity (Wildman–Crippen MR) is 106 cm³/mol. The summed E-state index contributed by atoms with van der Waals surface area (Å²) in [5.41, 5.74) is 4.48. The van der Waals surface area contributed by atoms with Crippen LogP contribution in [-0.4, -0.2) is 36.3 Å². The lowest BCUT2D eigenvalue weighted by Gasteiger charge is -2.08. The maximum Gasteiger partial charge on any atom is 0.259 e. The molecule has 0 saturated carbocycles. The third-order valence-electron chi connectivity index (χ3n) is 3.48. The smallest absolute Gasteiger partial charge is 0.259 e. The summed E-state index contributed by atoms with van der Waals surface area (Å²) in [4.78, 5) is 23.8. The Kier molecular flexibility index (Phi) is 7.36. The molecule has 27 heavy (non-hydrogen) atoms. The molecule has 2 amide bonds. The molecule has 0 fully saturated rings. The fourth-order valence-corrected chi connectivity index (χ4v) is 2.58. The van der Waals surface area contributed by atoms with E-state index in [1.807, 2.05) is 19.1 Å². The zero-order chi connectivity index (χ0) is 19.8. The van der Waals surface area contributed by atoms with Gasteiger partial charge in [0.25, 0.3) is 11.8 Å². The highest BCUT2D eigenvalue weighted by Gasteiger charge is 2.09. The molecule has 0 spiro atoms. The molecule has 0 aliphatic carbocycles. The van der Waals surface area contributed by atoms with E-state index in [4.69, 9.17) is 4.74 Å². The lowest BCUT2D eigenvalue weighted by atomic mass is 10.1. The molecule has 142 valence electrons. The summed E-state index contributed by atoms with van der Waals surface area (Å²) in [6.45, 7) is 3.93. The molecule has 7 nitrogen and oxygen atoms in total. The molecule has 3 N–H and O–H groups in total. The quantitative estimate of drug-likeness (QED) is 0.461. The number of phenolic OH excluding ortho intramolecular Hbond substituents is 1. The van der Waals surface area contributed by atoms with Crippen LogP contribution in [0.2, 0.25) is 0 Å². The van der Waals surface area contributed by atoms with Gasteiger partial charge in [0.1, 0.15) is 0 Å². The molecule has 0 heterocycles. The molecule has 0 aromatic heterocycles. The van der Waals surface area contributed by atoms with Gasteiger partial charge in [-0.25, -0.2) is 5.43 Å². The monoisotopic (exact) mass is 433 g/mol. The Morgan fingerprint density at radius 2 is 1.96 bits per heavy atom. The number of nitrogens with one attached hydrogen (secondary N) is 2. The number of aryl methyl sites for hydroxylation is 1. The Labute approximate surface area is 165 Å². The number of benzene rings is 2. The van der Waals surface area contributed by atoms with Gasteiger partial charge in [-0.15, -0.1) is 0 Å². The second kappa shape index (κ2) is 9.72. The highest BCUT2D eigenvalue weighted by atomic mass is 79.9. The van der Waals surface area contributed by atoms with Crippen LogP contribution in [0.3, 0.4) is 0 Å². The Morgan fingerprint density at radius 1 is 1.26 bits per heavy atom. The van der Waals surface area contributed by atoms with E-state index < -0.39 is 5.91 Å². The number of hydrogen-bond donors (Lipinski definition) is 3. The number of amides is 2. The SMILES string of the molecule is CCOc1cc(C=NNC(=O)CNC(=O)c2ccc(C)cc2)cc(Br)c1O. The van der Waals surface area contributed by atoms with Gasteiger partial charge in [0, 0.05) is 5.56 Å². The number of ether oxygens (including phenoxy) is 1. The molecule has 0 saturated heterocycles. The third-order valence-corrected chi connectivity index (χ3v) is 4.08. The van der Waals surface area contributed by atoms with E-state index in [0.29, 0.717) is 28.0 Å². The van der Waals surface area contributed by atoms with Crippen LogP contribution in [0.5, 0.6) is 11.5 Å². The number of hydrazone groups is 1. The summed E-state index contributed by atoms with van der Waals surface area (Å²) >= 11 is 3.23. The molecule has 0 atom stereocenters. The molecule has 0 aliphatic heterocycles. The standard InChI is InChI=1S/C19H20BrN3O4/c1-3-27-16-9-13(8-15(20)18(16)25)10-22-23-17(24)11-21-19(26)14-6-4-12(2)5-7-14/h4-10,25H,3,11H2,1-2H3,(H,21,26)(H,23,24). The Hall–Kier alpha value is -2.87. The van der Waals surface area contributed by atoms with E-state index in [0.717, 1.165) is 5.56 Å². The number of rotatable bonds is 7. The van der Waals surface area contributed by atoms with Crippen molar-refractivity contribution in [2.75, 3.05) is 13.2 Å². The maximum absolute atomic E-state index is 12.0. The number of hydrogen-bond acceptors (Lipinski definition) is 5. The molecule has 2 aromatic carbocycles. The minimum atomic E-state index is -0.463. The third kappa shape index (κ3) is 6.10. The van der Waals surface area contributed by atoms with Gasteiger partial charge in [0.2, 0.25) is 0 Å². The van der Waals surface area contributed by atoms with E-state index in [2.05, 4.69) is 31.8 Å². The van der Waals surface area contributed by atoms with Gasteiger partial charge in [0.05, 0.1) is 23.8 Å². The van der Waals surface area contributed by atoms with Crippen molar-refractivity contribution in [2.24, 2.45) is 5.10 Å². The Morgan fingerprint density at radius 3 is 2.63 bits per heavy atom. The first-order chi connectivity index (χ1) is 12.9. The largest absolute Gasteiger partial charge is 0.503 e. The first kappa shape index (κ1) is 20.4. The van der Waals surface area contributed by atoms with Crippen LogP contribution in [0.15, 0.2) is 46.0 Å². The maximum atomic E-state index is 12.0. The average molecular weight is 434 g/mol. The molecule has 0 radical (unpaired) electrons. The molecule has 0 unspecified atom stereocenters. The molecule has 0 aliphatic rings. The summed E-state index contributed by atoms with van der Waals surface area (Å²) in [5.74, 6) is -0.491. The van der Waals surface area contributed by atoms with Crippen LogP contribution >= 0.6 is 15.9 Å². The predicted octanol–water partition coefficient (Wildman–Crippen LogP) is 2.74. The highest BCUT2D eigenvalue weighted by Crippen LogP contribution is 2.34. The first-order valence-corrected chi connectivity index (χ1v) is 9.02. The van der Waals surface area contributed by atoms with Crippen molar-refractivity contribution in [1.29, 1.82) is 0 Å². The lowest BCUT2D eigenvalue weighted by Crippen LogP contribution is -2.34. The summed E-state index contributed by atoms with van der Waals surface area (Å²) in [7, 11) is 0. The van der Waals surface area contributed by atoms with Gasteiger partial charge < -0.3 is 15.2 Å². The molecular formula is C19H20BrN3O4. The van der Waals surface area contributed by atoms with Crippen molar-refractivity contribution in [3.8, 4) is 11.5 Å². The number of aromatic hydroxyl groups is 1. The van der Waals surface area contributed by atoms with Crippen molar-refractivity contribution in [3.05, 3.63) is 57.6 Å². The van der Waals surface area contributed by atoms with Gasteiger partial charge in [0.15, 0.2) is 11.5 Å². The molecule has 8 heteroatoms. The van der Waals surface area contributed by atoms with Crippen molar-refractivity contribution < 1.29 is 19.4 Å². The molecule has 0 bridgehead atoms. The van der Waals surface area contributed by atoms with Crippen molar-refractivity contribution in [2.45, 2.75) is 13.8 Å². The number of nitrogens with zero attached hydrogens (tertiary/aromatic N) is 1. The highest BCUT2D eigenvalue weighted by molar-refractivity contribution is 9.10. The van der Waals surface area contributed by atoms with Crippen molar-refractivity contribution >= 4 is 34.0 Å². The average Bonchev–Trinajstić information content (AvgIpc) is 2.64. The molecule has 2 rings (SSSR count). The minimum Gasteiger partial charge on any atom is -0.503 e. The van der Waals surface area contributed by atoms with E-state index in [1.165, 1.54) is 6.21 Å². The van der Waals surface area contributed by atoms with Gasteiger partial charge in [-0.3, -0.25) is 9.59 Å². The van der Waals surface area contributed by atoms with Gasteiger partial charge in [-0.05, 0) is 59.6 Å². The van der Waals surface area contributed by atoms with Crippen LogP contribution < -0.4 is 15.5 Å². The van der Waals surface area contributed by atoms with Crippen LogP contribution in [0.25, 0.3) is 0 Å². The van der Waals surface area contributed by atoms with Gasteiger partial charge in [-0.2, -0.15) is 5.10 Å². The van der Waals surface area contributed by atoms with E-state index in [9.17, 15) is 14.7 Å². The zero-order valence-electron chi connectivity index (χ0n) is 15.0. The van der Waals surface area contributed by atoms with Gasteiger partial charge >= 0.3 is 0 Å². The number of phenols is 1. The second-order valence-corrected chi connectivity index (χ2v) is 6.48. The first-order valence-electron chi connectivity index (χ1n) is 8.22. The summed E-state index contributed by atoms with van der Waals surface area (Å²) in [6, 6.07) is 10.3. The lowest BCUT2D eigenvalue weighted by molar-refractivity contribution is -0.120. The van der Waals surface area contributed by atoms with Crippen LogP contribution in [0.4, 0.5) is 0 Å². The van der Waals surface area contributed by atoms with Crippen LogP contribution in [0, 0.1) is 6.92 Å². The number of halogens is 1. The summed E-state index contributed by atoms with van der Waals surface area (Å²) in [5, 5.41) is 16.2. The van der Waals surface area contributed by atoms with Crippen LogP contribution in [-0.2, 0) is 4.79 Å².